The number of guanidine groups is 1. The quantitative estimate of drug-likeness (QED) is 0.501. The average molecular weight is 390 g/mol. The van der Waals surface area contributed by atoms with Gasteiger partial charge in [0.1, 0.15) is 0 Å². The number of aliphatic imine (C=N–C) groups is 1. The molecular formula is C22H39N5O. The van der Waals surface area contributed by atoms with Gasteiger partial charge in [0.2, 0.25) is 0 Å². The lowest BCUT2D eigenvalue weighted by molar-refractivity contribution is 0.0132. The zero-order valence-electron chi connectivity index (χ0n) is 18.4. The highest BCUT2D eigenvalue weighted by molar-refractivity contribution is 5.79. The standard InChI is InChI=1S/C22H39N5O/c1-18(2)13-21(27-9-11-28-12-10-27)16-25-22(23-3)24-15-19-7-6-8-20(14-19)17-26(4)5/h6-8,14,18,21H,9-13,15-17H2,1-5H3,(H2,23,24,25). The summed E-state index contributed by atoms with van der Waals surface area (Å²) in [7, 11) is 6.03. The van der Waals surface area contributed by atoms with Crippen LogP contribution in [0.3, 0.4) is 0 Å². The first-order chi connectivity index (χ1) is 13.5. The minimum Gasteiger partial charge on any atom is -0.379 e. The van der Waals surface area contributed by atoms with Crippen molar-refractivity contribution in [1.29, 1.82) is 0 Å². The molecule has 6 heteroatoms. The predicted octanol–water partition coefficient (Wildman–Crippen LogP) is 2.16. The molecule has 28 heavy (non-hydrogen) atoms. The lowest BCUT2D eigenvalue weighted by atomic mass is 10.0. The van der Waals surface area contributed by atoms with Crippen molar-refractivity contribution in [3.8, 4) is 0 Å². The van der Waals surface area contributed by atoms with E-state index >= 15 is 0 Å². The van der Waals surface area contributed by atoms with E-state index in [1.54, 1.807) is 0 Å². The van der Waals surface area contributed by atoms with Crippen LogP contribution in [0.2, 0.25) is 0 Å². The topological polar surface area (TPSA) is 52.1 Å². The minimum absolute atomic E-state index is 0.505. The van der Waals surface area contributed by atoms with Crippen LogP contribution >= 0.6 is 0 Å². The summed E-state index contributed by atoms with van der Waals surface area (Å²) in [5.41, 5.74) is 2.60. The van der Waals surface area contributed by atoms with Gasteiger partial charge in [0, 0.05) is 45.8 Å². The van der Waals surface area contributed by atoms with Crippen LogP contribution in [-0.4, -0.2) is 75.8 Å². The Hall–Kier alpha value is -1.63. The zero-order valence-corrected chi connectivity index (χ0v) is 18.4. The van der Waals surface area contributed by atoms with Crippen LogP contribution in [0.25, 0.3) is 0 Å². The van der Waals surface area contributed by atoms with Crippen molar-refractivity contribution < 1.29 is 4.74 Å². The summed E-state index contributed by atoms with van der Waals surface area (Å²) in [6, 6.07) is 9.23. The normalized spacial score (nSPS) is 17.2. The lowest BCUT2D eigenvalue weighted by Gasteiger charge is -2.35. The van der Waals surface area contributed by atoms with E-state index in [9.17, 15) is 0 Å². The summed E-state index contributed by atoms with van der Waals surface area (Å²) in [5, 5.41) is 7.00. The third-order valence-electron chi connectivity index (χ3n) is 4.98. The smallest absolute Gasteiger partial charge is 0.191 e. The van der Waals surface area contributed by atoms with Gasteiger partial charge >= 0.3 is 0 Å². The molecule has 0 spiro atoms. The number of nitrogens with one attached hydrogen (secondary N) is 2. The Morgan fingerprint density at radius 3 is 2.54 bits per heavy atom. The number of ether oxygens (including phenoxy) is 1. The predicted molar refractivity (Wildman–Crippen MR) is 118 cm³/mol. The Kier molecular flexibility index (Phi) is 9.75. The average Bonchev–Trinajstić information content (AvgIpc) is 2.67. The number of hydrogen-bond donors (Lipinski definition) is 2. The molecule has 0 aromatic heterocycles. The van der Waals surface area contributed by atoms with E-state index in [0.29, 0.717) is 12.0 Å². The lowest BCUT2D eigenvalue weighted by Crippen LogP contribution is -2.50. The maximum Gasteiger partial charge on any atom is 0.191 e. The van der Waals surface area contributed by atoms with Gasteiger partial charge in [0.05, 0.1) is 13.2 Å². The van der Waals surface area contributed by atoms with Crippen molar-refractivity contribution in [3.05, 3.63) is 35.4 Å². The first-order valence-corrected chi connectivity index (χ1v) is 10.5. The van der Waals surface area contributed by atoms with Crippen LogP contribution in [0.5, 0.6) is 0 Å². The molecule has 0 radical (unpaired) electrons. The van der Waals surface area contributed by atoms with E-state index < -0.39 is 0 Å². The highest BCUT2D eigenvalue weighted by atomic mass is 16.5. The highest BCUT2D eigenvalue weighted by Gasteiger charge is 2.22. The minimum atomic E-state index is 0.505. The monoisotopic (exact) mass is 389 g/mol. The van der Waals surface area contributed by atoms with Crippen LogP contribution in [0.1, 0.15) is 31.4 Å². The molecule has 0 amide bonds. The van der Waals surface area contributed by atoms with E-state index in [1.165, 1.54) is 17.5 Å². The molecule has 2 rings (SSSR count). The van der Waals surface area contributed by atoms with E-state index in [1.807, 2.05) is 7.05 Å². The molecule has 6 nitrogen and oxygen atoms in total. The zero-order chi connectivity index (χ0) is 20.4. The fourth-order valence-corrected chi connectivity index (χ4v) is 3.67. The van der Waals surface area contributed by atoms with Crippen molar-refractivity contribution in [2.24, 2.45) is 10.9 Å². The van der Waals surface area contributed by atoms with Crippen LogP contribution < -0.4 is 10.6 Å². The van der Waals surface area contributed by atoms with Crippen LogP contribution in [-0.2, 0) is 17.8 Å². The summed E-state index contributed by atoms with van der Waals surface area (Å²) in [6.07, 6.45) is 1.18. The van der Waals surface area contributed by atoms with Gasteiger partial charge in [-0.05, 0) is 37.6 Å². The summed E-state index contributed by atoms with van der Waals surface area (Å²) in [4.78, 5) is 9.15. The fraction of sp³-hybridized carbons (Fsp3) is 0.682. The Labute approximate surface area is 171 Å². The molecule has 0 saturated carbocycles. The summed E-state index contributed by atoms with van der Waals surface area (Å²) < 4.78 is 5.52. The molecule has 1 heterocycles. The van der Waals surface area contributed by atoms with Gasteiger partial charge in [-0.2, -0.15) is 0 Å². The molecule has 1 unspecified atom stereocenters. The van der Waals surface area contributed by atoms with Gasteiger partial charge in [-0.3, -0.25) is 9.89 Å². The van der Waals surface area contributed by atoms with E-state index in [0.717, 1.165) is 51.9 Å². The third-order valence-corrected chi connectivity index (χ3v) is 4.98. The molecule has 1 aliphatic heterocycles. The van der Waals surface area contributed by atoms with E-state index in [4.69, 9.17) is 4.74 Å². The number of benzene rings is 1. The van der Waals surface area contributed by atoms with Gasteiger partial charge in [-0.15, -0.1) is 0 Å². The molecule has 158 valence electrons. The second kappa shape index (κ2) is 12.0. The van der Waals surface area contributed by atoms with Gasteiger partial charge < -0.3 is 20.3 Å². The van der Waals surface area contributed by atoms with Crippen molar-refractivity contribution in [1.82, 2.24) is 20.4 Å². The van der Waals surface area contributed by atoms with E-state index in [-0.39, 0.29) is 0 Å². The Bertz CT molecular complexity index is 596. The largest absolute Gasteiger partial charge is 0.379 e. The Morgan fingerprint density at radius 1 is 1.18 bits per heavy atom. The van der Waals surface area contributed by atoms with Crippen LogP contribution in [0.4, 0.5) is 0 Å². The van der Waals surface area contributed by atoms with Gasteiger partial charge in [-0.25, -0.2) is 0 Å². The maximum absolute atomic E-state index is 5.52. The number of morpholine rings is 1. The van der Waals surface area contributed by atoms with Gasteiger partial charge in [-0.1, -0.05) is 38.1 Å². The molecule has 1 saturated heterocycles. The maximum atomic E-state index is 5.52. The first-order valence-electron chi connectivity index (χ1n) is 10.5. The fourth-order valence-electron chi connectivity index (χ4n) is 3.67. The van der Waals surface area contributed by atoms with Crippen molar-refractivity contribution in [2.45, 2.75) is 39.4 Å². The van der Waals surface area contributed by atoms with Crippen molar-refractivity contribution >= 4 is 5.96 Å². The van der Waals surface area contributed by atoms with Crippen LogP contribution in [0.15, 0.2) is 29.3 Å². The molecule has 2 N–H and O–H groups in total. The van der Waals surface area contributed by atoms with Gasteiger partial charge in [0.25, 0.3) is 0 Å². The summed E-state index contributed by atoms with van der Waals surface area (Å²) in [5.74, 6) is 1.53. The Morgan fingerprint density at radius 2 is 1.89 bits per heavy atom. The third kappa shape index (κ3) is 8.17. The van der Waals surface area contributed by atoms with Gasteiger partial charge in [0.15, 0.2) is 5.96 Å². The Balaban J connectivity index is 1.86. The molecule has 1 atom stereocenters. The molecule has 1 aromatic carbocycles. The van der Waals surface area contributed by atoms with Crippen molar-refractivity contribution in [3.63, 3.8) is 0 Å². The molecule has 1 aromatic rings. The van der Waals surface area contributed by atoms with Crippen LogP contribution in [0, 0.1) is 5.92 Å². The van der Waals surface area contributed by atoms with E-state index in [2.05, 4.69) is 77.6 Å². The second-order valence-electron chi connectivity index (χ2n) is 8.30. The molecule has 0 bridgehead atoms. The molecule has 0 aliphatic carbocycles. The first kappa shape index (κ1) is 22.7. The second-order valence-corrected chi connectivity index (χ2v) is 8.30. The molecular weight excluding hydrogens is 350 g/mol. The highest BCUT2D eigenvalue weighted by Crippen LogP contribution is 2.13. The number of hydrogen-bond acceptors (Lipinski definition) is 4. The summed E-state index contributed by atoms with van der Waals surface area (Å²) >= 11 is 0. The molecule has 1 aliphatic rings. The molecule has 1 fully saturated rings. The SMILES string of the molecule is CN=C(NCc1cccc(CN(C)C)c1)NCC(CC(C)C)N1CCOCC1. The van der Waals surface area contributed by atoms with Crippen molar-refractivity contribution in [2.75, 3.05) is 54.0 Å². The number of rotatable bonds is 9. The number of nitrogens with zero attached hydrogens (tertiary/aromatic N) is 3. The summed E-state index contributed by atoms with van der Waals surface area (Å²) in [6.45, 7) is 10.9.